The first-order chi connectivity index (χ1) is 9.16. The van der Waals surface area contributed by atoms with Crippen molar-refractivity contribution in [1.29, 1.82) is 0 Å². The molecular formula is C16H12F2O. The van der Waals surface area contributed by atoms with E-state index in [1.807, 2.05) is 24.3 Å². The number of carbonyl (C=O) groups excluding carboxylic acids is 1. The van der Waals surface area contributed by atoms with Gasteiger partial charge in [0.1, 0.15) is 0 Å². The van der Waals surface area contributed by atoms with E-state index in [1.54, 1.807) is 0 Å². The van der Waals surface area contributed by atoms with Gasteiger partial charge in [0.25, 0.3) is 0 Å². The third kappa shape index (κ3) is 2.05. The number of aryl methyl sites for hydroxylation is 1. The fraction of sp³-hybridized carbons (Fsp3) is 0.188. The Balaban J connectivity index is 1.95. The standard InChI is InChI=1S/C16H12F2O/c17-14-8-6-11(9-15(14)18)16(19)13-7-5-10-3-1-2-4-12(10)13/h1-4,6,8-9,13H,5,7H2. The first-order valence-electron chi connectivity index (χ1n) is 6.24. The van der Waals surface area contributed by atoms with Crippen LogP contribution in [0.4, 0.5) is 8.78 Å². The van der Waals surface area contributed by atoms with Crippen molar-refractivity contribution in [3.05, 3.63) is 70.8 Å². The lowest BCUT2D eigenvalue weighted by Gasteiger charge is -2.10. The van der Waals surface area contributed by atoms with Gasteiger partial charge in [-0.05, 0) is 42.2 Å². The highest BCUT2D eigenvalue weighted by Gasteiger charge is 2.29. The number of fused-ring (bicyclic) bond motifs is 1. The summed E-state index contributed by atoms with van der Waals surface area (Å²) in [6.07, 6.45) is 1.59. The fourth-order valence-corrected chi connectivity index (χ4v) is 2.68. The molecule has 1 aliphatic rings. The molecule has 1 atom stereocenters. The molecule has 1 aliphatic carbocycles. The maximum Gasteiger partial charge on any atom is 0.170 e. The molecule has 2 aromatic carbocycles. The van der Waals surface area contributed by atoms with Gasteiger partial charge in [-0.2, -0.15) is 0 Å². The van der Waals surface area contributed by atoms with Gasteiger partial charge in [-0.25, -0.2) is 8.78 Å². The summed E-state index contributed by atoms with van der Waals surface area (Å²) >= 11 is 0. The first kappa shape index (κ1) is 12.0. The van der Waals surface area contributed by atoms with Crippen LogP contribution in [0.25, 0.3) is 0 Å². The lowest BCUT2D eigenvalue weighted by Crippen LogP contribution is -2.10. The summed E-state index contributed by atoms with van der Waals surface area (Å²) in [5, 5.41) is 0. The number of rotatable bonds is 2. The van der Waals surface area contributed by atoms with Crippen molar-refractivity contribution in [2.75, 3.05) is 0 Å². The predicted octanol–water partition coefficient (Wildman–Crippen LogP) is 3.88. The third-order valence-corrected chi connectivity index (χ3v) is 3.65. The monoisotopic (exact) mass is 258 g/mol. The summed E-state index contributed by atoms with van der Waals surface area (Å²) in [5.41, 5.74) is 2.42. The van der Waals surface area contributed by atoms with Crippen molar-refractivity contribution in [2.24, 2.45) is 0 Å². The van der Waals surface area contributed by atoms with Gasteiger partial charge in [-0.3, -0.25) is 4.79 Å². The second-order valence-corrected chi connectivity index (χ2v) is 4.78. The average Bonchev–Trinajstić information content (AvgIpc) is 2.85. The number of ketones is 1. The zero-order chi connectivity index (χ0) is 13.4. The van der Waals surface area contributed by atoms with E-state index in [0.717, 1.165) is 30.5 Å². The van der Waals surface area contributed by atoms with Crippen LogP contribution in [-0.4, -0.2) is 5.78 Å². The van der Waals surface area contributed by atoms with E-state index in [9.17, 15) is 13.6 Å². The minimum Gasteiger partial charge on any atom is -0.293 e. The molecular weight excluding hydrogens is 246 g/mol. The molecule has 0 saturated heterocycles. The molecule has 0 heterocycles. The maximum atomic E-state index is 13.2. The molecule has 1 nitrogen and oxygen atoms in total. The predicted molar refractivity (Wildman–Crippen MR) is 68.2 cm³/mol. The van der Waals surface area contributed by atoms with Crippen molar-refractivity contribution in [2.45, 2.75) is 18.8 Å². The van der Waals surface area contributed by atoms with Crippen LogP contribution in [0.2, 0.25) is 0 Å². The van der Waals surface area contributed by atoms with Crippen LogP contribution in [0.1, 0.15) is 33.8 Å². The van der Waals surface area contributed by atoms with Gasteiger partial charge in [-0.1, -0.05) is 24.3 Å². The molecule has 0 aromatic heterocycles. The Morgan fingerprint density at radius 3 is 2.63 bits per heavy atom. The van der Waals surface area contributed by atoms with Crippen molar-refractivity contribution in [1.82, 2.24) is 0 Å². The molecule has 0 spiro atoms. The van der Waals surface area contributed by atoms with Gasteiger partial charge in [-0.15, -0.1) is 0 Å². The molecule has 3 heteroatoms. The minimum absolute atomic E-state index is 0.135. The number of hydrogen-bond donors (Lipinski definition) is 0. The molecule has 0 N–H and O–H groups in total. The highest BCUT2D eigenvalue weighted by atomic mass is 19.2. The summed E-state index contributed by atoms with van der Waals surface area (Å²) < 4.78 is 26.1. The Labute approximate surface area is 109 Å². The van der Waals surface area contributed by atoms with Crippen LogP contribution in [0, 0.1) is 11.6 Å². The Kier molecular flexibility index (Phi) is 2.90. The van der Waals surface area contributed by atoms with E-state index >= 15 is 0 Å². The molecule has 0 amide bonds. The van der Waals surface area contributed by atoms with Crippen molar-refractivity contribution >= 4 is 5.78 Å². The molecule has 3 rings (SSSR count). The van der Waals surface area contributed by atoms with E-state index < -0.39 is 11.6 Å². The number of halogens is 2. The van der Waals surface area contributed by atoms with Crippen molar-refractivity contribution < 1.29 is 13.6 Å². The lowest BCUT2D eigenvalue weighted by atomic mass is 9.92. The van der Waals surface area contributed by atoms with Gasteiger partial charge in [0.2, 0.25) is 0 Å². The SMILES string of the molecule is O=C(c1ccc(F)c(F)c1)C1CCc2ccccc21. The van der Waals surface area contributed by atoms with E-state index in [1.165, 1.54) is 11.6 Å². The number of hydrogen-bond acceptors (Lipinski definition) is 1. The molecule has 0 aliphatic heterocycles. The number of Topliss-reactive ketones (excluding diaryl/α,β-unsaturated/α-hetero) is 1. The summed E-state index contributed by atoms with van der Waals surface area (Å²) in [6, 6.07) is 11.1. The second kappa shape index (κ2) is 4.57. The molecule has 0 fully saturated rings. The fourth-order valence-electron chi connectivity index (χ4n) is 2.68. The summed E-state index contributed by atoms with van der Waals surface area (Å²) in [6.45, 7) is 0. The van der Waals surface area contributed by atoms with Gasteiger partial charge in [0.15, 0.2) is 17.4 Å². The molecule has 2 aromatic rings. The van der Waals surface area contributed by atoms with Crippen LogP contribution in [0.15, 0.2) is 42.5 Å². The molecule has 0 radical (unpaired) electrons. The van der Waals surface area contributed by atoms with E-state index in [-0.39, 0.29) is 17.3 Å². The summed E-state index contributed by atoms with van der Waals surface area (Å²) in [4.78, 5) is 12.4. The lowest BCUT2D eigenvalue weighted by molar-refractivity contribution is 0.0959. The largest absolute Gasteiger partial charge is 0.293 e. The average molecular weight is 258 g/mol. The van der Waals surface area contributed by atoms with Crippen LogP contribution in [0.3, 0.4) is 0 Å². The van der Waals surface area contributed by atoms with Crippen LogP contribution in [-0.2, 0) is 6.42 Å². The summed E-state index contributed by atoms with van der Waals surface area (Å²) in [7, 11) is 0. The summed E-state index contributed by atoms with van der Waals surface area (Å²) in [5.74, 6) is -2.27. The van der Waals surface area contributed by atoms with E-state index in [2.05, 4.69) is 0 Å². The normalized spacial score (nSPS) is 17.3. The minimum atomic E-state index is -0.975. The van der Waals surface area contributed by atoms with E-state index in [4.69, 9.17) is 0 Å². The Morgan fingerprint density at radius 1 is 1.05 bits per heavy atom. The van der Waals surface area contributed by atoms with Gasteiger partial charge >= 0.3 is 0 Å². The third-order valence-electron chi connectivity index (χ3n) is 3.65. The molecule has 1 unspecified atom stereocenters. The van der Waals surface area contributed by atoms with Crippen molar-refractivity contribution in [3.63, 3.8) is 0 Å². The van der Waals surface area contributed by atoms with Gasteiger partial charge in [0.05, 0.1) is 0 Å². The van der Waals surface area contributed by atoms with Crippen LogP contribution < -0.4 is 0 Å². The van der Waals surface area contributed by atoms with Crippen LogP contribution in [0.5, 0.6) is 0 Å². The highest BCUT2D eigenvalue weighted by Crippen LogP contribution is 2.35. The van der Waals surface area contributed by atoms with Gasteiger partial charge in [0, 0.05) is 11.5 Å². The molecule has 0 bridgehead atoms. The number of benzene rings is 2. The quantitative estimate of drug-likeness (QED) is 0.747. The Bertz CT molecular complexity index is 649. The highest BCUT2D eigenvalue weighted by molar-refractivity contribution is 6.01. The zero-order valence-electron chi connectivity index (χ0n) is 10.2. The Morgan fingerprint density at radius 2 is 1.84 bits per heavy atom. The van der Waals surface area contributed by atoms with Crippen LogP contribution >= 0.6 is 0 Å². The Hall–Kier alpha value is -2.03. The van der Waals surface area contributed by atoms with Crippen molar-refractivity contribution in [3.8, 4) is 0 Å². The van der Waals surface area contributed by atoms with E-state index in [0.29, 0.717) is 0 Å². The molecule has 19 heavy (non-hydrogen) atoms. The molecule has 0 saturated carbocycles. The van der Waals surface area contributed by atoms with Gasteiger partial charge < -0.3 is 0 Å². The maximum absolute atomic E-state index is 13.2. The topological polar surface area (TPSA) is 17.1 Å². The second-order valence-electron chi connectivity index (χ2n) is 4.78. The smallest absolute Gasteiger partial charge is 0.170 e. The number of carbonyl (C=O) groups is 1. The zero-order valence-corrected chi connectivity index (χ0v) is 10.2. The molecule has 96 valence electrons. The first-order valence-corrected chi connectivity index (χ1v) is 6.24.